The number of aliphatic hydroxyl groups is 1. The molecule has 0 saturated carbocycles. The molecule has 0 unspecified atom stereocenters. The van der Waals surface area contributed by atoms with Crippen molar-refractivity contribution in [3.63, 3.8) is 0 Å². The van der Waals surface area contributed by atoms with Gasteiger partial charge >= 0.3 is 0 Å². The number of aromatic nitrogens is 1. The molecule has 6 nitrogen and oxygen atoms in total. The fourth-order valence-corrected chi connectivity index (χ4v) is 10.3. The molecule has 3 aromatic carbocycles. The quantitative estimate of drug-likeness (QED) is 0.192. The molecule has 1 N–H and O–H groups in total. The van der Waals surface area contributed by atoms with Gasteiger partial charge in [0.2, 0.25) is 0 Å². The van der Waals surface area contributed by atoms with E-state index in [1.165, 1.54) is 10.4 Å². The Bertz CT molecular complexity index is 1370. The Morgan fingerprint density at radius 1 is 0.974 bits per heavy atom. The molecule has 1 aliphatic rings. The normalized spacial score (nSPS) is 20.2. The highest BCUT2D eigenvalue weighted by molar-refractivity contribution is 6.99. The summed E-state index contributed by atoms with van der Waals surface area (Å²) in [5.41, 5.74) is 1.94. The fraction of sp³-hybridized carbons (Fsp3) is 0.344. The molecule has 0 amide bonds. The summed E-state index contributed by atoms with van der Waals surface area (Å²) >= 11 is 0. The number of aliphatic hydroxyl groups excluding tert-OH is 1. The van der Waals surface area contributed by atoms with Crippen LogP contribution in [-0.2, 0) is 9.16 Å². The van der Waals surface area contributed by atoms with E-state index in [1.807, 2.05) is 49.5 Å². The zero-order valence-electron chi connectivity index (χ0n) is 23.5. The van der Waals surface area contributed by atoms with Crippen molar-refractivity contribution in [3.8, 4) is 0 Å². The predicted octanol–water partition coefficient (Wildman–Crippen LogP) is 5.09. The Morgan fingerprint density at radius 2 is 1.62 bits per heavy atom. The lowest BCUT2D eigenvalue weighted by Gasteiger charge is -2.43. The first-order chi connectivity index (χ1) is 18.7. The van der Waals surface area contributed by atoms with Crippen molar-refractivity contribution < 1.29 is 14.3 Å². The molecule has 4 aromatic rings. The van der Waals surface area contributed by atoms with Crippen LogP contribution in [0, 0.1) is 0 Å². The van der Waals surface area contributed by atoms with Gasteiger partial charge in [0.15, 0.2) is 0 Å². The highest BCUT2D eigenvalue weighted by Gasteiger charge is 2.51. The van der Waals surface area contributed by atoms with E-state index in [-0.39, 0.29) is 11.3 Å². The van der Waals surface area contributed by atoms with Gasteiger partial charge in [-0.2, -0.15) is 0 Å². The summed E-state index contributed by atoms with van der Waals surface area (Å²) in [7, 11) is 1.19. The number of aliphatic imine (C=N–C) groups is 1. The minimum Gasteiger partial charge on any atom is -0.405 e. The van der Waals surface area contributed by atoms with Gasteiger partial charge in [-0.15, -0.1) is 0 Å². The molecular weight excluding hydrogens is 502 g/mol. The summed E-state index contributed by atoms with van der Waals surface area (Å²) in [6, 6.07) is 29.3. The van der Waals surface area contributed by atoms with Crippen molar-refractivity contribution in [2.75, 3.05) is 20.7 Å². The average molecular weight is 542 g/mol. The molecule has 0 bridgehead atoms. The maximum atomic E-state index is 11.1. The first-order valence-corrected chi connectivity index (χ1v) is 15.5. The van der Waals surface area contributed by atoms with Crippen LogP contribution in [0.5, 0.6) is 0 Å². The molecule has 39 heavy (non-hydrogen) atoms. The zero-order chi connectivity index (χ0) is 27.6. The van der Waals surface area contributed by atoms with Crippen LogP contribution in [-0.4, -0.2) is 62.1 Å². The van der Waals surface area contributed by atoms with Crippen molar-refractivity contribution in [1.82, 2.24) is 9.47 Å². The predicted molar refractivity (Wildman–Crippen MR) is 162 cm³/mol. The minimum absolute atomic E-state index is 0.140. The summed E-state index contributed by atoms with van der Waals surface area (Å²) in [6.07, 6.45) is 3.01. The number of hydrogen-bond acceptors (Lipinski definition) is 4. The van der Waals surface area contributed by atoms with Gasteiger partial charge in [0.05, 0.1) is 30.3 Å². The Hall–Kier alpha value is -3.23. The van der Waals surface area contributed by atoms with Gasteiger partial charge in [0.1, 0.15) is 12.3 Å². The van der Waals surface area contributed by atoms with Crippen molar-refractivity contribution in [2.45, 2.75) is 50.7 Å². The van der Waals surface area contributed by atoms with E-state index in [4.69, 9.17) is 9.16 Å². The smallest absolute Gasteiger partial charge is 0.261 e. The summed E-state index contributed by atoms with van der Waals surface area (Å²) in [5.74, 6) is 0. The molecule has 1 aliphatic heterocycles. The van der Waals surface area contributed by atoms with E-state index in [2.05, 4.69) is 91.0 Å². The molecule has 1 fully saturated rings. The lowest BCUT2D eigenvalue weighted by Crippen LogP contribution is -2.67. The van der Waals surface area contributed by atoms with Crippen LogP contribution in [0.25, 0.3) is 10.9 Å². The molecule has 0 aliphatic carbocycles. The third-order valence-corrected chi connectivity index (χ3v) is 12.6. The summed E-state index contributed by atoms with van der Waals surface area (Å²) in [5, 5.41) is 14.5. The van der Waals surface area contributed by atoms with Gasteiger partial charge in [-0.3, -0.25) is 0 Å². The maximum absolute atomic E-state index is 11.1. The Balaban J connectivity index is 1.42. The molecule has 2 heterocycles. The second-order valence-electron chi connectivity index (χ2n) is 11.5. The Kier molecular flexibility index (Phi) is 7.78. The average Bonchev–Trinajstić information content (AvgIpc) is 3.52. The highest BCUT2D eigenvalue weighted by atomic mass is 28.4. The van der Waals surface area contributed by atoms with E-state index in [1.54, 1.807) is 6.34 Å². The van der Waals surface area contributed by atoms with Crippen LogP contribution in [0.1, 0.15) is 33.4 Å². The van der Waals surface area contributed by atoms with Crippen molar-refractivity contribution in [1.29, 1.82) is 0 Å². The van der Waals surface area contributed by atoms with Crippen LogP contribution in [0.4, 0.5) is 5.69 Å². The van der Waals surface area contributed by atoms with Crippen molar-refractivity contribution >= 4 is 41.6 Å². The maximum Gasteiger partial charge on any atom is 0.261 e. The van der Waals surface area contributed by atoms with E-state index in [0.29, 0.717) is 13.0 Å². The topological polar surface area (TPSA) is 59.2 Å². The standard InChI is InChI=1S/C32H39N3O3Si/c1-32(2,3)39(24-13-8-6-9-14-24,25-15-10-7-11-16-25)37-22-30-29(36)21-31(38-30)35-20-19-26-27(33-23-34(4)5)17-12-18-28(26)35/h6-20,23,29-31,36H,21-22H2,1-5H3/b33-23+/t29-,30+,31+/m0/s1. The lowest BCUT2D eigenvalue weighted by molar-refractivity contribution is -0.0395. The molecule has 0 radical (unpaired) electrons. The van der Waals surface area contributed by atoms with Gasteiger partial charge in [0.25, 0.3) is 8.32 Å². The van der Waals surface area contributed by atoms with Gasteiger partial charge in [-0.1, -0.05) is 87.5 Å². The minimum atomic E-state index is -2.72. The summed E-state index contributed by atoms with van der Waals surface area (Å²) < 4.78 is 15.7. The van der Waals surface area contributed by atoms with Crippen LogP contribution in [0.2, 0.25) is 5.04 Å². The van der Waals surface area contributed by atoms with Gasteiger partial charge in [0, 0.05) is 32.1 Å². The first kappa shape index (κ1) is 27.3. The van der Waals surface area contributed by atoms with Crippen molar-refractivity contribution in [2.24, 2.45) is 4.99 Å². The van der Waals surface area contributed by atoms with Gasteiger partial charge < -0.3 is 23.7 Å². The summed E-state index contributed by atoms with van der Waals surface area (Å²) in [4.78, 5) is 6.54. The molecular formula is C32H39N3O3Si. The molecule has 7 heteroatoms. The number of fused-ring (bicyclic) bond motifs is 1. The summed E-state index contributed by atoms with van der Waals surface area (Å²) in [6.45, 7) is 7.10. The largest absolute Gasteiger partial charge is 0.405 e. The zero-order valence-corrected chi connectivity index (χ0v) is 24.5. The van der Waals surface area contributed by atoms with Crippen LogP contribution < -0.4 is 10.4 Å². The second kappa shape index (κ2) is 11.1. The Labute approximate surface area is 232 Å². The molecule has 1 aromatic heterocycles. The second-order valence-corrected chi connectivity index (χ2v) is 15.9. The van der Waals surface area contributed by atoms with Crippen LogP contribution in [0.3, 0.4) is 0 Å². The number of nitrogens with zero attached hydrogens (tertiary/aromatic N) is 3. The molecule has 204 valence electrons. The number of rotatable bonds is 8. The van der Waals surface area contributed by atoms with Crippen LogP contribution >= 0.6 is 0 Å². The fourth-order valence-electron chi connectivity index (χ4n) is 5.72. The molecule has 3 atom stereocenters. The lowest BCUT2D eigenvalue weighted by atomic mass is 10.2. The highest BCUT2D eigenvalue weighted by Crippen LogP contribution is 2.39. The van der Waals surface area contributed by atoms with Crippen LogP contribution in [0.15, 0.2) is 96.1 Å². The van der Waals surface area contributed by atoms with Crippen molar-refractivity contribution in [3.05, 3.63) is 91.1 Å². The SMILES string of the molecule is CN(C)/C=N/c1cccc2c1ccn2[C@H]1C[C@H](O)[C@@H](CO[Si](c2ccccc2)(c2ccccc2)C(C)(C)C)O1. The molecule has 5 rings (SSSR count). The van der Waals surface area contributed by atoms with Gasteiger partial charge in [-0.05, 0) is 33.6 Å². The van der Waals surface area contributed by atoms with E-state index in [0.717, 1.165) is 16.6 Å². The number of ether oxygens (including phenoxy) is 1. The third-order valence-electron chi connectivity index (χ3n) is 7.56. The van der Waals surface area contributed by atoms with E-state index >= 15 is 0 Å². The molecule has 0 spiro atoms. The Morgan fingerprint density at radius 3 is 2.21 bits per heavy atom. The van der Waals surface area contributed by atoms with E-state index in [9.17, 15) is 5.11 Å². The monoisotopic (exact) mass is 541 g/mol. The van der Waals surface area contributed by atoms with Gasteiger partial charge in [-0.25, -0.2) is 4.99 Å². The van der Waals surface area contributed by atoms with E-state index < -0.39 is 20.5 Å². The number of hydrogen-bond donors (Lipinski definition) is 1. The third kappa shape index (κ3) is 5.32. The number of benzene rings is 3. The first-order valence-electron chi connectivity index (χ1n) is 13.6. The molecule has 1 saturated heterocycles.